The highest BCUT2D eigenvalue weighted by Gasteiger charge is 2.50. The van der Waals surface area contributed by atoms with E-state index in [1.807, 2.05) is 0 Å². The molecule has 3 rings (SSSR count). The zero-order valence-electron chi connectivity index (χ0n) is 11.0. The zero-order chi connectivity index (χ0) is 14.3. The maximum Gasteiger partial charge on any atom is 0.250 e. The Morgan fingerprint density at radius 1 is 1.35 bits per heavy atom. The number of aliphatic hydroxyl groups is 1. The molecule has 0 bridgehead atoms. The molecule has 6 heteroatoms. The molecule has 104 valence electrons. The summed E-state index contributed by atoms with van der Waals surface area (Å²) in [5.41, 5.74) is -0.726. The Labute approximate surface area is 115 Å². The van der Waals surface area contributed by atoms with E-state index in [2.05, 4.69) is 4.98 Å². The lowest BCUT2D eigenvalue weighted by atomic mass is 9.92. The van der Waals surface area contributed by atoms with Crippen molar-refractivity contribution in [2.45, 2.75) is 25.4 Å². The van der Waals surface area contributed by atoms with E-state index in [9.17, 15) is 14.7 Å². The van der Waals surface area contributed by atoms with Gasteiger partial charge in [-0.2, -0.15) is 0 Å². The number of likely N-dealkylation sites (tertiary alicyclic amines) is 1. The standard InChI is InChI=1S/C14H14N2O4/c1-14(9-4-6-15-7-5-9)12(19)11(18)13(20-14)16-8-2-3-10(16)17/h4-7,18H,2-3,8H2,1H3. The van der Waals surface area contributed by atoms with Crippen molar-refractivity contribution in [1.82, 2.24) is 9.88 Å². The van der Waals surface area contributed by atoms with Crippen molar-refractivity contribution >= 4 is 11.7 Å². The second-order valence-corrected chi connectivity index (χ2v) is 5.00. The van der Waals surface area contributed by atoms with Gasteiger partial charge < -0.3 is 9.84 Å². The first kappa shape index (κ1) is 12.7. The number of amides is 1. The number of ether oxygens (including phenoxy) is 1. The lowest BCUT2D eigenvalue weighted by Gasteiger charge is -2.25. The van der Waals surface area contributed by atoms with Gasteiger partial charge in [-0.15, -0.1) is 0 Å². The minimum absolute atomic E-state index is 0.0307. The van der Waals surface area contributed by atoms with Crippen LogP contribution in [0.3, 0.4) is 0 Å². The Morgan fingerprint density at radius 2 is 2.05 bits per heavy atom. The topological polar surface area (TPSA) is 79.7 Å². The van der Waals surface area contributed by atoms with Crippen LogP contribution in [0, 0.1) is 0 Å². The molecule has 0 radical (unpaired) electrons. The average Bonchev–Trinajstić information content (AvgIpc) is 2.98. The summed E-state index contributed by atoms with van der Waals surface area (Å²) in [6.45, 7) is 2.03. The minimum atomic E-state index is -1.31. The molecule has 0 spiro atoms. The van der Waals surface area contributed by atoms with Gasteiger partial charge in [0.05, 0.1) is 0 Å². The molecule has 1 saturated heterocycles. The third-order valence-electron chi connectivity index (χ3n) is 3.70. The molecule has 1 atom stereocenters. The molecular formula is C14H14N2O4. The second kappa shape index (κ2) is 4.33. The number of nitrogens with zero attached hydrogens (tertiary/aromatic N) is 2. The first-order chi connectivity index (χ1) is 9.54. The SMILES string of the molecule is CC1(c2ccncc2)OC(N2CCCC2=O)=C(O)C1=O. The summed E-state index contributed by atoms with van der Waals surface area (Å²) in [5, 5.41) is 10.0. The number of rotatable bonds is 2. The number of aliphatic hydroxyl groups excluding tert-OH is 1. The molecule has 0 aliphatic carbocycles. The molecule has 0 saturated carbocycles. The molecule has 1 aromatic heterocycles. The van der Waals surface area contributed by atoms with E-state index in [-0.39, 0.29) is 11.8 Å². The van der Waals surface area contributed by atoms with E-state index in [4.69, 9.17) is 4.74 Å². The van der Waals surface area contributed by atoms with E-state index < -0.39 is 17.1 Å². The van der Waals surface area contributed by atoms with Crippen LogP contribution in [0.1, 0.15) is 25.3 Å². The minimum Gasteiger partial charge on any atom is -0.501 e. The molecule has 1 N–H and O–H groups in total. The van der Waals surface area contributed by atoms with Crippen molar-refractivity contribution in [3.8, 4) is 0 Å². The van der Waals surface area contributed by atoms with Gasteiger partial charge >= 0.3 is 0 Å². The van der Waals surface area contributed by atoms with E-state index in [0.29, 0.717) is 24.9 Å². The predicted octanol–water partition coefficient (Wildman–Crippen LogP) is 1.25. The van der Waals surface area contributed by atoms with E-state index in [0.717, 1.165) is 0 Å². The third kappa shape index (κ3) is 1.68. The molecular weight excluding hydrogens is 260 g/mol. The monoisotopic (exact) mass is 274 g/mol. The molecule has 2 aliphatic heterocycles. The largest absolute Gasteiger partial charge is 0.501 e. The fourth-order valence-electron chi connectivity index (χ4n) is 2.52. The highest BCUT2D eigenvalue weighted by molar-refractivity contribution is 6.03. The molecule has 3 heterocycles. The second-order valence-electron chi connectivity index (χ2n) is 5.00. The van der Waals surface area contributed by atoms with Gasteiger partial charge in [-0.3, -0.25) is 19.5 Å². The van der Waals surface area contributed by atoms with Gasteiger partial charge in [0.2, 0.25) is 17.5 Å². The predicted molar refractivity (Wildman–Crippen MR) is 68.3 cm³/mol. The first-order valence-electron chi connectivity index (χ1n) is 6.42. The summed E-state index contributed by atoms with van der Waals surface area (Å²) >= 11 is 0. The summed E-state index contributed by atoms with van der Waals surface area (Å²) in [6, 6.07) is 3.31. The number of aromatic nitrogens is 1. The molecule has 1 amide bonds. The highest BCUT2D eigenvalue weighted by Crippen LogP contribution is 2.39. The van der Waals surface area contributed by atoms with Crippen LogP contribution in [0.5, 0.6) is 0 Å². The van der Waals surface area contributed by atoms with Crippen LogP contribution < -0.4 is 0 Å². The summed E-state index contributed by atoms with van der Waals surface area (Å²) in [7, 11) is 0. The first-order valence-corrected chi connectivity index (χ1v) is 6.42. The maximum absolute atomic E-state index is 12.3. The molecule has 2 aliphatic rings. The number of Topliss-reactive ketones (excluding diaryl/α,β-unsaturated/α-hetero) is 1. The van der Waals surface area contributed by atoms with Crippen LogP contribution in [0.4, 0.5) is 0 Å². The van der Waals surface area contributed by atoms with Gasteiger partial charge in [0.1, 0.15) is 0 Å². The van der Waals surface area contributed by atoms with Gasteiger partial charge in [-0.25, -0.2) is 0 Å². The summed E-state index contributed by atoms with van der Waals surface area (Å²) in [6.07, 6.45) is 4.19. The third-order valence-corrected chi connectivity index (χ3v) is 3.70. The molecule has 1 unspecified atom stereocenters. The van der Waals surface area contributed by atoms with E-state index in [1.165, 1.54) is 4.90 Å². The van der Waals surface area contributed by atoms with Crippen LogP contribution in [-0.2, 0) is 19.9 Å². The summed E-state index contributed by atoms with van der Waals surface area (Å²) in [5.74, 6) is -1.20. The molecule has 20 heavy (non-hydrogen) atoms. The highest BCUT2D eigenvalue weighted by atomic mass is 16.5. The van der Waals surface area contributed by atoms with Crippen LogP contribution in [-0.4, -0.2) is 33.2 Å². The fraction of sp³-hybridized carbons (Fsp3) is 0.357. The number of carbonyl (C=O) groups is 2. The lowest BCUT2D eigenvalue weighted by Crippen LogP contribution is -2.32. The van der Waals surface area contributed by atoms with Crippen LogP contribution in [0.25, 0.3) is 0 Å². The Kier molecular flexibility index (Phi) is 2.74. The molecule has 1 aromatic rings. The van der Waals surface area contributed by atoms with Crippen molar-refractivity contribution < 1.29 is 19.4 Å². The van der Waals surface area contributed by atoms with Gasteiger partial charge in [0, 0.05) is 30.9 Å². The van der Waals surface area contributed by atoms with E-state index >= 15 is 0 Å². The van der Waals surface area contributed by atoms with Gasteiger partial charge in [0.25, 0.3) is 5.78 Å². The number of hydrogen-bond acceptors (Lipinski definition) is 5. The summed E-state index contributed by atoms with van der Waals surface area (Å²) < 4.78 is 5.67. The normalized spacial score (nSPS) is 26.4. The van der Waals surface area contributed by atoms with Gasteiger partial charge in [0.15, 0.2) is 5.60 Å². The Morgan fingerprint density at radius 3 is 2.65 bits per heavy atom. The summed E-state index contributed by atoms with van der Waals surface area (Å²) in [4.78, 5) is 29.3. The Balaban J connectivity index is 1.97. The van der Waals surface area contributed by atoms with Gasteiger partial charge in [-0.1, -0.05) is 0 Å². The quantitative estimate of drug-likeness (QED) is 0.877. The molecule has 1 fully saturated rings. The van der Waals surface area contributed by atoms with Crippen LogP contribution in [0.2, 0.25) is 0 Å². The van der Waals surface area contributed by atoms with Crippen LogP contribution in [0.15, 0.2) is 36.2 Å². The number of hydrogen-bond donors (Lipinski definition) is 1. The van der Waals surface area contributed by atoms with Crippen LogP contribution >= 0.6 is 0 Å². The van der Waals surface area contributed by atoms with Crippen molar-refractivity contribution in [1.29, 1.82) is 0 Å². The van der Waals surface area contributed by atoms with E-state index in [1.54, 1.807) is 31.5 Å². The maximum atomic E-state index is 12.3. The Hall–Kier alpha value is -2.37. The smallest absolute Gasteiger partial charge is 0.250 e. The zero-order valence-corrected chi connectivity index (χ0v) is 11.0. The van der Waals surface area contributed by atoms with Gasteiger partial charge in [-0.05, 0) is 25.5 Å². The number of ketones is 1. The number of carbonyl (C=O) groups excluding carboxylic acids is 2. The lowest BCUT2D eigenvalue weighted by molar-refractivity contribution is -0.136. The molecule has 6 nitrogen and oxygen atoms in total. The fourth-order valence-corrected chi connectivity index (χ4v) is 2.52. The van der Waals surface area contributed by atoms with Crippen molar-refractivity contribution in [3.05, 3.63) is 41.7 Å². The van der Waals surface area contributed by atoms with Crippen molar-refractivity contribution in [2.24, 2.45) is 0 Å². The van der Waals surface area contributed by atoms with Crippen molar-refractivity contribution in [3.63, 3.8) is 0 Å². The average molecular weight is 274 g/mol. The van der Waals surface area contributed by atoms with Crippen molar-refractivity contribution in [2.75, 3.05) is 6.54 Å². The number of pyridine rings is 1. The molecule has 0 aromatic carbocycles. The Bertz CT molecular complexity index is 611.